The third-order valence-corrected chi connectivity index (χ3v) is 3.12. The molecule has 1 aromatic rings. The van der Waals surface area contributed by atoms with Gasteiger partial charge >= 0.3 is 18.2 Å². The van der Waals surface area contributed by atoms with Crippen molar-refractivity contribution >= 4 is 17.7 Å². The predicted molar refractivity (Wildman–Crippen MR) is 63.5 cm³/mol. The number of halogens is 4. The van der Waals surface area contributed by atoms with Gasteiger partial charge in [0, 0.05) is 0 Å². The molecule has 2 rings (SSSR count). The van der Waals surface area contributed by atoms with Gasteiger partial charge in [-0.3, -0.25) is 0 Å². The third kappa shape index (κ3) is 2.91. The molecule has 0 unspecified atom stereocenters. The van der Waals surface area contributed by atoms with Gasteiger partial charge in [-0.2, -0.15) is 13.2 Å². The highest BCUT2D eigenvalue weighted by Gasteiger charge is 2.64. The van der Waals surface area contributed by atoms with Gasteiger partial charge in [-0.25, -0.2) is 14.0 Å². The number of amides is 2. The van der Waals surface area contributed by atoms with Gasteiger partial charge in [0.2, 0.25) is 0 Å². The molecule has 0 heterocycles. The van der Waals surface area contributed by atoms with Gasteiger partial charge < -0.3 is 15.7 Å². The summed E-state index contributed by atoms with van der Waals surface area (Å²) < 4.78 is 51.4. The SMILES string of the molecule is O=C(Nc1cccc(F)c1C(=O)O)NC1(C(F)(F)F)CC1. The molecular weight excluding hydrogens is 296 g/mol. The molecule has 1 fully saturated rings. The van der Waals surface area contributed by atoms with Gasteiger partial charge in [-0.15, -0.1) is 0 Å². The molecule has 0 saturated heterocycles. The molecule has 1 saturated carbocycles. The van der Waals surface area contributed by atoms with Gasteiger partial charge in [0.15, 0.2) is 0 Å². The van der Waals surface area contributed by atoms with E-state index in [0.717, 1.165) is 18.2 Å². The number of urea groups is 1. The van der Waals surface area contributed by atoms with Gasteiger partial charge in [-0.05, 0) is 25.0 Å². The molecule has 0 spiro atoms. The van der Waals surface area contributed by atoms with Crippen molar-refractivity contribution in [3.63, 3.8) is 0 Å². The quantitative estimate of drug-likeness (QED) is 0.751. The maximum atomic E-state index is 13.4. The molecule has 3 N–H and O–H groups in total. The minimum absolute atomic E-state index is 0.251. The van der Waals surface area contributed by atoms with Crippen LogP contribution in [0.2, 0.25) is 0 Å². The van der Waals surface area contributed by atoms with Crippen LogP contribution < -0.4 is 10.6 Å². The van der Waals surface area contributed by atoms with E-state index in [9.17, 15) is 27.2 Å². The summed E-state index contributed by atoms with van der Waals surface area (Å²) in [5.41, 5.74) is -3.52. The second-order valence-corrected chi connectivity index (χ2v) is 4.63. The Morgan fingerprint density at radius 1 is 1.24 bits per heavy atom. The highest BCUT2D eigenvalue weighted by molar-refractivity contribution is 6.00. The van der Waals surface area contributed by atoms with E-state index in [4.69, 9.17) is 5.11 Å². The van der Waals surface area contributed by atoms with Gasteiger partial charge in [0.05, 0.1) is 5.69 Å². The van der Waals surface area contributed by atoms with E-state index in [1.807, 2.05) is 5.32 Å². The molecule has 0 radical (unpaired) electrons. The Kier molecular flexibility index (Phi) is 3.52. The number of carboxylic acid groups (broad SMARTS) is 1. The summed E-state index contributed by atoms with van der Waals surface area (Å²) in [6, 6.07) is 1.84. The molecule has 114 valence electrons. The lowest BCUT2D eigenvalue weighted by molar-refractivity contribution is -0.162. The fraction of sp³-hybridized carbons (Fsp3) is 0.333. The van der Waals surface area contributed by atoms with E-state index in [1.165, 1.54) is 0 Å². The highest BCUT2D eigenvalue weighted by atomic mass is 19.4. The minimum Gasteiger partial charge on any atom is -0.478 e. The summed E-state index contributed by atoms with van der Waals surface area (Å²) in [4.78, 5) is 22.5. The largest absolute Gasteiger partial charge is 0.478 e. The number of hydrogen-bond acceptors (Lipinski definition) is 2. The molecule has 1 aromatic carbocycles. The lowest BCUT2D eigenvalue weighted by Gasteiger charge is -2.21. The molecule has 5 nitrogen and oxygen atoms in total. The Labute approximate surface area is 115 Å². The summed E-state index contributed by atoms with van der Waals surface area (Å²) >= 11 is 0. The van der Waals surface area contributed by atoms with E-state index in [0.29, 0.717) is 0 Å². The van der Waals surface area contributed by atoms with Crippen LogP contribution in [-0.4, -0.2) is 28.8 Å². The molecule has 0 aromatic heterocycles. The van der Waals surface area contributed by atoms with E-state index in [-0.39, 0.29) is 12.8 Å². The van der Waals surface area contributed by atoms with Crippen molar-refractivity contribution in [1.29, 1.82) is 0 Å². The minimum atomic E-state index is -4.60. The number of aromatic carboxylic acids is 1. The highest BCUT2D eigenvalue weighted by Crippen LogP contribution is 2.48. The Balaban J connectivity index is 2.15. The summed E-state index contributed by atoms with van der Waals surface area (Å²) in [7, 11) is 0. The number of alkyl halides is 3. The normalized spacial score (nSPS) is 16.2. The molecule has 0 aliphatic heterocycles. The van der Waals surface area contributed by atoms with Gasteiger partial charge in [0.1, 0.15) is 16.9 Å². The van der Waals surface area contributed by atoms with Crippen molar-refractivity contribution in [3.8, 4) is 0 Å². The maximum absolute atomic E-state index is 13.4. The number of carboxylic acids is 1. The lowest BCUT2D eigenvalue weighted by Crippen LogP contribution is -2.49. The van der Waals surface area contributed by atoms with E-state index in [1.54, 1.807) is 5.32 Å². The first-order chi connectivity index (χ1) is 9.66. The molecule has 2 amide bonds. The number of hydrogen-bond donors (Lipinski definition) is 3. The fourth-order valence-corrected chi connectivity index (χ4v) is 1.82. The van der Waals surface area contributed by atoms with Crippen LogP contribution in [0.1, 0.15) is 23.2 Å². The monoisotopic (exact) mass is 306 g/mol. The van der Waals surface area contributed by atoms with Crippen LogP contribution in [0, 0.1) is 5.82 Å². The Hall–Kier alpha value is -2.32. The predicted octanol–water partition coefficient (Wildman–Crippen LogP) is 2.74. The Bertz CT molecular complexity index is 597. The van der Waals surface area contributed by atoms with Crippen molar-refractivity contribution in [2.24, 2.45) is 0 Å². The third-order valence-electron chi connectivity index (χ3n) is 3.12. The van der Waals surface area contributed by atoms with Crippen molar-refractivity contribution in [2.75, 3.05) is 5.32 Å². The van der Waals surface area contributed by atoms with Crippen molar-refractivity contribution < 1.29 is 32.3 Å². The van der Waals surface area contributed by atoms with E-state index < -0.39 is 40.8 Å². The van der Waals surface area contributed by atoms with Crippen LogP contribution in [0.15, 0.2) is 18.2 Å². The molecular formula is C12H10F4N2O3. The zero-order valence-corrected chi connectivity index (χ0v) is 10.4. The van der Waals surface area contributed by atoms with E-state index >= 15 is 0 Å². The number of carbonyl (C=O) groups is 2. The Morgan fingerprint density at radius 3 is 2.33 bits per heavy atom. The van der Waals surface area contributed by atoms with Crippen LogP contribution in [0.25, 0.3) is 0 Å². The summed E-state index contributed by atoms with van der Waals surface area (Å²) in [5.74, 6) is -2.74. The fourth-order valence-electron chi connectivity index (χ4n) is 1.82. The van der Waals surface area contributed by atoms with Crippen LogP contribution in [0.3, 0.4) is 0 Å². The van der Waals surface area contributed by atoms with Crippen LogP contribution in [0.5, 0.6) is 0 Å². The molecule has 1 aliphatic carbocycles. The summed E-state index contributed by atoms with van der Waals surface area (Å²) in [6.45, 7) is 0. The second-order valence-electron chi connectivity index (χ2n) is 4.63. The van der Waals surface area contributed by atoms with Gasteiger partial charge in [-0.1, -0.05) is 6.07 Å². The second kappa shape index (κ2) is 4.90. The zero-order valence-electron chi connectivity index (χ0n) is 10.4. The zero-order chi connectivity index (χ0) is 15.8. The lowest BCUT2D eigenvalue weighted by atomic mass is 10.1. The van der Waals surface area contributed by atoms with Gasteiger partial charge in [0.25, 0.3) is 0 Å². The molecule has 0 atom stereocenters. The maximum Gasteiger partial charge on any atom is 0.411 e. The summed E-state index contributed by atoms with van der Waals surface area (Å²) in [5, 5.41) is 12.5. The number of benzene rings is 1. The first-order valence-corrected chi connectivity index (χ1v) is 5.84. The molecule has 21 heavy (non-hydrogen) atoms. The molecule has 9 heteroatoms. The number of nitrogens with one attached hydrogen (secondary N) is 2. The van der Waals surface area contributed by atoms with E-state index in [2.05, 4.69) is 0 Å². The smallest absolute Gasteiger partial charge is 0.411 e. The standard InChI is InChI=1S/C12H10F4N2O3/c13-6-2-1-3-7(8(6)9(19)20)17-10(21)18-11(4-5-11)12(14,15)16/h1-3H,4-5H2,(H,19,20)(H2,17,18,21). The first kappa shape index (κ1) is 15.1. The first-order valence-electron chi connectivity index (χ1n) is 5.84. The number of carbonyl (C=O) groups excluding carboxylic acids is 1. The van der Waals surface area contributed by atoms with Crippen LogP contribution >= 0.6 is 0 Å². The number of rotatable bonds is 3. The number of anilines is 1. The Morgan fingerprint density at radius 2 is 1.86 bits per heavy atom. The van der Waals surface area contributed by atoms with Crippen LogP contribution in [-0.2, 0) is 0 Å². The topological polar surface area (TPSA) is 78.4 Å². The molecule has 1 aliphatic rings. The van der Waals surface area contributed by atoms with Crippen LogP contribution in [0.4, 0.5) is 28.0 Å². The van der Waals surface area contributed by atoms with Crippen molar-refractivity contribution in [3.05, 3.63) is 29.6 Å². The average Bonchev–Trinajstić information content (AvgIpc) is 3.08. The summed E-state index contributed by atoms with van der Waals surface area (Å²) in [6.07, 6.45) is -5.10. The van der Waals surface area contributed by atoms with Crippen molar-refractivity contribution in [2.45, 2.75) is 24.6 Å². The molecule has 0 bridgehead atoms. The average molecular weight is 306 g/mol. The van der Waals surface area contributed by atoms with Crippen molar-refractivity contribution in [1.82, 2.24) is 5.32 Å².